The molecule has 0 aliphatic rings. The van der Waals surface area contributed by atoms with E-state index in [1.165, 1.54) is 6.08 Å². The predicted molar refractivity (Wildman–Crippen MR) is 87.2 cm³/mol. The van der Waals surface area contributed by atoms with E-state index in [4.69, 9.17) is 5.21 Å². The molecule has 0 spiro atoms. The second kappa shape index (κ2) is 7.19. The molecule has 2 aromatic rings. The number of fused-ring (bicyclic) bond motifs is 1. The number of nitrogens with one attached hydrogen (secondary N) is 1. The van der Waals surface area contributed by atoms with Crippen molar-refractivity contribution < 1.29 is 10.0 Å². The van der Waals surface area contributed by atoms with Gasteiger partial charge in [-0.25, -0.2) is 10.5 Å². The van der Waals surface area contributed by atoms with Crippen molar-refractivity contribution in [2.75, 3.05) is 0 Å². The molecule has 0 unspecified atom stereocenters. The summed E-state index contributed by atoms with van der Waals surface area (Å²) >= 11 is 0. The average Bonchev–Trinajstić information content (AvgIpc) is 2.92. The first-order chi connectivity index (χ1) is 10.6. The number of nitrogens with zero attached hydrogens (tertiary/aromatic N) is 2. The second-order valence-corrected chi connectivity index (χ2v) is 4.68. The summed E-state index contributed by atoms with van der Waals surface area (Å²) in [7, 11) is 0. The van der Waals surface area contributed by atoms with Crippen molar-refractivity contribution in [1.29, 1.82) is 0 Å². The fourth-order valence-corrected chi connectivity index (χ4v) is 2.00. The summed E-state index contributed by atoms with van der Waals surface area (Å²) < 4.78 is 2.00. The van der Waals surface area contributed by atoms with E-state index in [9.17, 15) is 4.79 Å². The molecule has 0 fully saturated rings. The van der Waals surface area contributed by atoms with E-state index in [0.717, 1.165) is 22.2 Å². The molecule has 2 rings (SSSR count). The molecule has 0 bridgehead atoms. The van der Waals surface area contributed by atoms with Gasteiger partial charge in [0.25, 0.3) is 5.91 Å². The summed E-state index contributed by atoms with van der Waals surface area (Å²) in [6.07, 6.45) is 10.1. The molecule has 22 heavy (non-hydrogen) atoms. The molecule has 2 N–H and O–H groups in total. The maximum absolute atomic E-state index is 11.0. The highest BCUT2D eigenvalue weighted by Gasteiger charge is 2.03. The summed E-state index contributed by atoms with van der Waals surface area (Å²) in [6.45, 7) is 8.26. The van der Waals surface area contributed by atoms with Crippen molar-refractivity contribution in [2.24, 2.45) is 0 Å². The first kappa shape index (κ1) is 15.5. The molecule has 0 radical (unpaired) electrons. The Balaban J connectivity index is 2.21. The van der Waals surface area contributed by atoms with Crippen molar-refractivity contribution in [1.82, 2.24) is 15.0 Å². The van der Waals surface area contributed by atoms with Crippen molar-refractivity contribution in [3.63, 3.8) is 0 Å². The van der Waals surface area contributed by atoms with Gasteiger partial charge in [-0.3, -0.25) is 10.0 Å². The highest BCUT2D eigenvalue weighted by Crippen LogP contribution is 2.17. The fraction of sp³-hybridized carbons (Fsp3) is 0.0588. The van der Waals surface area contributed by atoms with Gasteiger partial charge >= 0.3 is 0 Å². The van der Waals surface area contributed by atoms with Crippen LogP contribution < -0.4 is 5.48 Å². The standard InChI is InChI=1S/C17H17N3O2/c1-3-4-5-13(2)11-20-12-18-15-10-14(6-8-16(15)20)7-9-17(21)19-22/h3-10,12,22H,1-2,11H2,(H,19,21). The lowest BCUT2D eigenvalue weighted by Crippen LogP contribution is -2.14. The van der Waals surface area contributed by atoms with Gasteiger partial charge in [0.15, 0.2) is 0 Å². The molecule has 5 nitrogen and oxygen atoms in total. The number of amides is 1. The molecule has 0 atom stereocenters. The van der Waals surface area contributed by atoms with Gasteiger partial charge in [-0.05, 0) is 29.3 Å². The van der Waals surface area contributed by atoms with Crippen LogP contribution in [0.5, 0.6) is 0 Å². The summed E-state index contributed by atoms with van der Waals surface area (Å²) in [6, 6.07) is 5.68. The zero-order chi connectivity index (χ0) is 15.9. The van der Waals surface area contributed by atoms with E-state index in [1.807, 2.05) is 34.9 Å². The minimum atomic E-state index is -0.573. The van der Waals surface area contributed by atoms with Crippen LogP contribution in [0.15, 0.2) is 67.6 Å². The van der Waals surface area contributed by atoms with Gasteiger partial charge in [0.1, 0.15) is 0 Å². The third-order valence-electron chi connectivity index (χ3n) is 3.02. The van der Waals surface area contributed by atoms with Crippen LogP contribution >= 0.6 is 0 Å². The van der Waals surface area contributed by atoms with Gasteiger partial charge in [-0.15, -0.1) is 0 Å². The number of aromatic nitrogens is 2. The Morgan fingerprint density at radius 1 is 1.41 bits per heavy atom. The van der Waals surface area contributed by atoms with Crippen molar-refractivity contribution in [3.05, 3.63) is 73.1 Å². The molecule has 0 aliphatic carbocycles. The van der Waals surface area contributed by atoms with Crippen LogP contribution in [-0.2, 0) is 11.3 Å². The van der Waals surface area contributed by atoms with Crippen LogP contribution in [-0.4, -0.2) is 20.7 Å². The third kappa shape index (κ3) is 3.80. The van der Waals surface area contributed by atoms with Gasteiger partial charge in [-0.2, -0.15) is 0 Å². The Bertz CT molecular complexity index is 769. The molecule has 1 aromatic carbocycles. The van der Waals surface area contributed by atoms with Crippen LogP contribution in [0.1, 0.15) is 5.56 Å². The fourth-order valence-electron chi connectivity index (χ4n) is 2.00. The van der Waals surface area contributed by atoms with Gasteiger partial charge in [0, 0.05) is 12.6 Å². The largest absolute Gasteiger partial charge is 0.326 e. The Labute approximate surface area is 128 Å². The first-order valence-electron chi connectivity index (χ1n) is 6.68. The van der Waals surface area contributed by atoms with Crippen LogP contribution in [0.2, 0.25) is 0 Å². The van der Waals surface area contributed by atoms with Crippen LogP contribution in [0.25, 0.3) is 17.1 Å². The van der Waals surface area contributed by atoms with E-state index >= 15 is 0 Å². The lowest BCUT2D eigenvalue weighted by molar-refractivity contribution is -0.124. The van der Waals surface area contributed by atoms with E-state index < -0.39 is 5.91 Å². The highest BCUT2D eigenvalue weighted by atomic mass is 16.5. The molecule has 112 valence electrons. The van der Waals surface area contributed by atoms with Crippen molar-refractivity contribution in [3.8, 4) is 0 Å². The second-order valence-electron chi connectivity index (χ2n) is 4.68. The molecule has 0 aliphatic heterocycles. The summed E-state index contributed by atoms with van der Waals surface area (Å²) in [4.78, 5) is 15.3. The van der Waals surface area contributed by atoms with E-state index in [2.05, 4.69) is 18.1 Å². The van der Waals surface area contributed by atoms with E-state index in [-0.39, 0.29) is 0 Å². The van der Waals surface area contributed by atoms with Gasteiger partial charge in [0.05, 0.1) is 17.4 Å². The van der Waals surface area contributed by atoms with Crippen LogP contribution in [0, 0.1) is 0 Å². The van der Waals surface area contributed by atoms with E-state index in [0.29, 0.717) is 6.54 Å². The number of allylic oxidation sites excluding steroid dienone is 4. The van der Waals surface area contributed by atoms with Crippen molar-refractivity contribution in [2.45, 2.75) is 6.54 Å². The molecular formula is C17H17N3O2. The summed E-state index contributed by atoms with van der Waals surface area (Å²) in [5, 5.41) is 8.45. The zero-order valence-electron chi connectivity index (χ0n) is 12.1. The summed E-state index contributed by atoms with van der Waals surface area (Å²) in [5.74, 6) is -0.573. The number of benzene rings is 1. The van der Waals surface area contributed by atoms with Gasteiger partial charge in [0.2, 0.25) is 0 Å². The average molecular weight is 295 g/mol. The number of hydroxylamine groups is 1. The number of carbonyl (C=O) groups is 1. The predicted octanol–water partition coefficient (Wildman–Crippen LogP) is 2.85. The monoisotopic (exact) mass is 295 g/mol. The normalized spacial score (nSPS) is 11.3. The number of carbonyl (C=O) groups excluding carboxylic acids is 1. The lowest BCUT2D eigenvalue weighted by Gasteiger charge is -2.04. The van der Waals surface area contributed by atoms with Gasteiger partial charge in [-0.1, -0.05) is 37.5 Å². The van der Waals surface area contributed by atoms with Gasteiger partial charge < -0.3 is 4.57 Å². The minimum Gasteiger partial charge on any atom is -0.326 e. The topological polar surface area (TPSA) is 67.2 Å². The molecule has 5 heteroatoms. The molecule has 1 aromatic heterocycles. The Kier molecular flexibility index (Phi) is 5.06. The number of rotatable bonds is 6. The smallest absolute Gasteiger partial charge is 0.267 e. The Hall–Kier alpha value is -2.92. The number of hydrogen-bond acceptors (Lipinski definition) is 3. The molecule has 0 saturated carbocycles. The maximum Gasteiger partial charge on any atom is 0.267 e. The summed E-state index contributed by atoms with van der Waals surface area (Å²) in [5.41, 5.74) is 5.13. The maximum atomic E-state index is 11.0. The first-order valence-corrected chi connectivity index (χ1v) is 6.68. The highest BCUT2D eigenvalue weighted by molar-refractivity contribution is 5.91. The molecule has 0 saturated heterocycles. The Morgan fingerprint density at radius 3 is 2.95 bits per heavy atom. The van der Waals surface area contributed by atoms with Crippen LogP contribution in [0.4, 0.5) is 0 Å². The molecule has 1 amide bonds. The number of imidazole rings is 1. The van der Waals surface area contributed by atoms with E-state index in [1.54, 1.807) is 24.0 Å². The third-order valence-corrected chi connectivity index (χ3v) is 3.02. The Morgan fingerprint density at radius 2 is 2.23 bits per heavy atom. The SMILES string of the molecule is C=CC=CC(=C)Cn1cnc2cc(C=CC(=O)NO)ccc21. The lowest BCUT2D eigenvalue weighted by atomic mass is 10.2. The molecular weight excluding hydrogens is 278 g/mol. The zero-order valence-corrected chi connectivity index (χ0v) is 12.1. The molecule has 1 heterocycles. The minimum absolute atomic E-state index is 0.573. The quantitative estimate of drug-likeness (QED) is 0.373. The number of hydrogen-bond donors (Lipinski definition) is 2. The van der Waals surface area contributed by atoms with Crippen LogP contribution in [0.3, 0.4) is 0 Å². The van der Waals surface area contributed by atoms with Crippen molar-refractivity contribution >= 4 is 23.0 Å².